The van der Waals surface area contributed by atoms with Gasteiger partial charge in [-0.2, -0.15) is 0 Å². The van der Waals surface area contributed by atoms with Crippen molar-refractivity contribution in [2.24, 2.45) is 0 Å². The summed E-state index contributed by atoms with van der Waals surface area (Å²) in [6.07, 6.45) is 1.99. The van der Waals surface area contributed by atoms with Crippen molar-refractivity contribution in [1.29, 1.82) is 0 Å². The first-order valence-corrected chi connectivity index (χ1v) is 9.82. The van der Waals surface area contributed by atoms with Crippen molar-refractivity contribution >= 4 is 31.8 Å². The smallest absolute Gasteiger partial charge is 0.222 e. The molecule has 1 fully saturated rings. The lowest BCUT2D eigenvalue weighted by Crippen LogP contribution is -2.60. The number of hydrazine groups is 3. The topological polar surface area (TPSA) is 111 Å². The van der Waals surface area contributed by atoms with E-state index in [1.807, 2.05) is 6.92 Å². The second kappa shape index (κ2) is 6.00. The maximum atomic E-state index is 11.3. The number of nitrogens with one attached hydrogen (secondary N) is 3. The molecular formula is C6H17N5O4S3. The van der Waals surface area contributed by atoms with Gasteiger partial charge in [0.05, 0.1) is 18.4 Å². The molecule has 0 aliphatic carbocycles. The second-order valence-electron chi connectivity index (χ2n) is 3.68. The molecule has 1 unspecified atom stereocenters. The molecule has 1 atom stereocenters. The van der Waals surface area contributed by atoms with Crippen molar-refractivity contribution in [2.45, 2.75) is 12.4 Å². The molecule has 0 bridgehead atoms. The van der Waals surface area contributed by atoms with E-state index < -0.39 is 20.0 Å². The molecule has 0 aromatic carbocycles. The number of thioether (sulfide) groups is 1. The van der Waals surface area contributed by atoms with E-state index in [1.54, 1.807) is 0 Å². The van der Waals surface area contributed by atoms with Crippen molar-refractivity contribution in [3.8, 4) is 0 Å². The van der Waals surface area contributed by atoms with Gasteiger partial charge in [-0.3, -0.25) is 5.32 Å². The standard InChI is InChI=1S/C6H17N5O4S3/c1-4-7-6-11(9-18(3,14)15)10(5-16-6)8-17(2,12)13/h6-9H,4-5H2,1-3H3. The Kier molecular flexibility index (Phi) is 5.37. The molecule has 108 valence electrons. The van der Waals surface area contributed by atoms with Gasteiger partial charge in [0.1, 0.15) is 5.50 Å². The maximum absolute atomic E-state index is 11.3. The Labute approximate surface area is 111 Å². The minimum Gasteiger partial charge on any atom is -0.291 e. The Bertz CT molecular complexity index is 477. The molecule has 0 spiro atoms. The van der Waals surface area contributed by atoms with Crippen molar-refractivity contribution in [1.82, 2.24) is 25.2 Å². The predicted octanol–water partition coefficient (Wildman–Crippen LogP) is -1.97. The quantitative estimate of drug-likeness (QED) is 0.517. The molecule has 1 aliphatic rings. The Morgan fingerprint density at radius 2 is 1.72 bits per heavy atom. The van der Waals surface area contributed by atoms with Crippen LogP contribution in [0.15, 0.2) is 0 Å². The fraction of sp³-hybridized carbons (Fsp3) is 1.00. The highest BCUT2D eigenvalue weighted by Crippen LogP contribution is 2.23. The number of hydrogen-bond acceptors (Lipinski definition) is 8. The van der Waals surface area contributed by atoms with E-state index in [1.165, 1.54) is 22.0 Å². The lowest BCUT2D eigenvalue weighted by Gasteiger charge is -2.29. The fourth-order valence-electron chi connectivity index (χ4n) is 1.25. The minimum absolute atomic E-state index is 0.285. The summed E-state index contributed by atoms with van der Waals surface area (Å²) in [4.78, 5) is 4.47. The Morgan fingerprint density at radius 3 is 2.17 bits per heavy atom. The zero-order valence-electron chi connectivity index (χ0n) is 10.2. The van der Waals surface area contributed by atoms with Crippen LogP contribution in [0.25, 0.3) is 0 Å². The first kappa shape index (κ1) is 16.1. The highest BCUT2D eigenvalue weighted by atomic mass is 32.2. The summed E-state index contributed by atoms with van der Waals surface area (Å²) in [6, 6.07) is 0. The molecular weight excluding hydrogens is 302 g/mol. The van der Waals surface area contributed by atoms with Crippen LogP contribution in [0.4, 0.5) is 0 Å². The maximum Gasteiger partial charge on any atom is 0.222 e. The van der Waals surface area contributed by atoms with Gasteiger partial charge < -0.3 is 0 Å². The Morgan fingerprint density at radius 1 is 1.17 bits per heavy atom. The highest BCUT2D eigenvalue weighted by Gasteiger charge is 2.35. The first-order valence-electron chi connectivity index (χ1n) is 4.99. The van der Waals surface area contributed by atoms with Gasteiger partial charge in [-0.25, -0.2) is 16.8 Å². The van der Waals surface area contributed by atoms with Gasteiger partial charge in [0, 0.05) is 0 Å². The normalized spacial score (nSPS) is 23.6. The van der Waals surface area contributed by atoms with E-state index in [0.717, 1.165) is 12.5 Å². The SMILES string of the molecule is CCNC1SCN(NS(C)(=O)=O)N1NS(C)(=O)=O. The third kappa shape index (κ3) is 5.36. The fourth-order valence-corrected chi connectivity index (χ4v) is 3.54. The second-order valence-corrected chi connectivity index (χ2v) is 8.17. The summed E-state index contributed by atoms with van der Waals surface area (Å²) in [7, 11) is -6.98. The number of hydrogen-bond donors (Lipinski definition) is 3. The van der Waals surface area contributed by atoms with Gasteiger partial charge >= 0.3 is 0 Å². The van der Waals surface area contributed by atoms with E-state index in [2.05, 4.69) is 15.0 Å². The van der Waals surface area contributed by atoms with Gasteiger partial charge in [-0.15, -0.1) is 31.7 Å². The molecule has 9 nitrogen and oxygen atoms in total. The van der Waals surface area contributed by atoms with E-state index in [4.69, 9.17) is 0 Å². The van der Waals surface area contributed by atoms with E-state index >= 15 is 0 Å². The van der Waals surface area contributed by atoms with E-state index in [-0.39, 0.29) is 11.4 Å². The molecule has 12 heteroatoms. The van der Waals surface area contributed by atoms with Gasteiger partial charge in [-0.05, 0) is 6.54 Å². The zero-order valence-corrected chi connectivity index (χ0v) is 12.7. The summed E-state index contributed by atoms with van der Waals surface area (Å²) in [5, 5.41) is 5.41. The average molecular weight is 319 g/mol. The van der Waals surface area contributed by atoms with Crippen LogP contribution in [-0.4, -0.2) is 57.5 Å². The minimum atomic E-state index is -3.50. The third-order valence-electron chi connectivity index (χ3n) is 1.75. The molecule has 3 N–H and O–H groups in total. The molecule has 1 aliphatic heterocycles. The monoisotopic (exact) mass is 319 g/mol. The van der Waals surface area contributed by atoms with Gasteiger partial charge in [0.25, 0.3) is 0 Å². The third-order valence-corrected chi connectivity index (χ3v) is 3.88. The molecule has 0 aromatic heterocycles. The number of rotatable bonds is 6. The Balaban J connectivity index is 2.84. The van der Waals surface area contributed by atoms with E-state index in [0.29, 0.717) is 6.54 Å². The van der Waals surface area contributed by atoms with Crippen LogP contribution in [0.2, 0.25) is 0 Å². The molecule has 0 amide bonds. The van der Waals surface area contributed by atoms with Crippen LogP contribution >= 0.6 is 11.8 Å². The largest absolute Gasteiger partial charge is 0.291 e. The summed E-state index contributed by atoms with van der Waals surface area (Å²) >= 11 is 1.35. The average Bonchev–Trinajstić information content (AvgIpc) is 2.46. The summed E-state index contributed by atoms with van der Waals surface area (Å²) in [6.45, 7) is 2.48. The van der Waals surface area contributed by atoms with Crippen molar-refractivity contribution in [3.05, 3.63) is 0 Å². The highest BCUT2D eigenvalue weighted by molar-refractivity contribution is 8.00. The zero-order chi connectivity index (χ0) is 14.0. The number of sulfonamides is 2. The van der Waals surface area contributed by atoms with Crippen LogP contribution in [0.1, 0.15) is 6.92 Å². The molecule has 1 saturated heterocycles. The van der Waals surface area contributed by atoms with Crippen LogP contribution < -0.4 is 15.0 Å². The van der Waals surface area contributed by atoms with Crippen molar-refractivity contribution in [2.75, 3.05) is 24.9 Å². The van der Waals surface area contributed by atoms with Gasteiger partial charge in [0.15, 0.2) is 0 Å². The lowest BCUT2D eigenvalue weighted by atomic mass is 10.7. The summed E-state index contributed by atoms with van der Waals surface area (Å²) in [5.74, 6) is 0.285. The van der Waals surface area contributed by atoms with Crippen molar-refractivity contribution < 1.29 is 16.8 Å². The molecule has 1 heterocycles. The van der Waals surface area contributed by atoms with E-state index in [9.17, 15) is 16.8 Å². The van der Waals surface area contributed by atoms with Gasteiger partial charge in [0.2, 0.25) is 20.0 Å². The molecule has 0 radical (unpaired) electrons. The van der Waals surface area contributed by atoms with Crippen molar-refractivity contribution in [3.63, 3.8) is 0 Å². The van der Waals surface area contributed by atoms with Crippen LogP contribution in [0.3, 0.4) is 0 Å². The summed E-state index contributed by atoms with van der Waals surface area (Å²) in [5.41, 5.74) is -0.376. The van der Waals surface area contributed by atoms with Crippen LogP contribution in [0, 0.1) is 0 Å². The lowest BCUT2D eigenvalue weighted by molar-refractivity contribution is -0.0510. The molecule has 0 aromatic rings. The van der Waals surface area contributed by atoms with Gasteiger partial charge in [-0.1, -0.05) is 6.92 Å². The van der Waals surface area contributed by atoms with Crippen LogP contribution in [0.5, 0.6) is 0 Å². The predicted molar refractivity (Wildman–Crippen MR) is 69.6 cm³/mol. The summed E-state index contributed by atoms with van der Waals surface area (Å²) < 4.78 is 44.9. The molecule has 0 saturated carbocycles. The molecule has 18 heavy (non-hydrogen) atoms. The number of nitrogens with zero attached hydrogens (tertiary/aromatic N) is 2. The Hall–Kier alpha value is 0.0500. The van der Waals surface area contributed by atoms with Crippen LogP contribution in [-0.2, 0) is 20.0 Å². The first-order chi connectivity index (χ1) is 8.12. The molecule has 1 rings (SSSR count).